The molecule has 0 atom stereocenters. The van der Waals surface area contributed by atoms with Gasteiger partial charge in [0.25, 0.3) is 15.9 Å². The Kier molecular flexibility index (Phi) is 6.22. The average Bonchev–Trinajstić information content (AvgIpc) is 2.74. The summed E-state index contributed by atoms with van der Waals surface area (Å²) in [5.74, 6) is -0.530. The van der Waals surface area contributed by atoms with E-state index < -0.39 is 10.0 Å². The number of nitrogens with zero attached hydrogens (tertiary/aromatic N) is 1. The summed E-state index contributed by atoms with van der Waals surface area (Å²) in [6.07, 6.45) is 1.15. The first-order valence-corrected chi connectivity index (χ1v) is 10.9. The summed E-state index contributed by atoms with van der Waals surface area (Å²) in [6, 6.07) is 13.0. The molecule has 0 saturated carbocycles. The molecule has 2 aromatic rings. The lowest BCUT2D eigenvalue weighted by atomic mass is 9.96. The van der Waals surface area contributed by atoms with E-state index in [9.17, 15) is 18.0 Å². The fourth-order valence-corrected chi connectivity index (χ4v) is 4.53. The number of carbonyl (C=O) groups excluding carboxylic acids is 2. The molecule has 3 rings (SSSR count). The van der Waals surface area contributed by atoms with Gasteiger partial charge in [-0.25, -0.2) is 8.42 Å². The number of nitrogens with one attached hydrogen (secondary N) is 1. The first-order valence-electron chi connectivity index (χ1n) is 9.37. The van der Waals surface area contributed by atoms with E-state index in [1.807, 2.05) is 0 Å². The molecule has 1 N–H and O–H groups in total. The van der Waals surface area contributed by atoms with E-state index in [2.05, 4.69) is 4.72 Å². The van der Waals surface area contributed by atoms with Gasteiger partial charge in [-0.3, -0.25) is 14.3 Å². The molecule has 0 bridgehead atoms. The SMILES string of the molecule is COC(=O)C1CCN(C(=O)c2ccc(NS(=O)(=O)c3ccccc3)c(C)c2)CC1. The Labute approximate surface area is 170 Å². The number of hydrogen-bond donors (Lipinski definition) is 1. The minimum absolute atomic E-state index is 0.131. The zero-order valence-electron chi connectivity index (χ0n) is 16.4. The molecule has 0 aliphatic carbocycles. The molecule has 2 aromatic carbocycles. The Morgan fingerprint density at radius 2 is 1.72 bits per heavy atom. The first kappa shape index (κ1) is 20.9. The van der Waals surface area contributed by atoms with Gasteiger partial charge >= 0.3 is 5.97 Å². The molecule has 8 heteroatoms. The minimum Gasteiger partial charge on any atom is -0.469 e. The van der Waals surface area contributed by atoms with Gasteiger partial charge in [0.05, 0.1) is 23.6 Å². The van der Waals surface area contributed by atoms with Crippen LogP contribution in [0.15, 0.2) is 53.4 Å². The molecule has 7 nitrogen and oxygen atoms in total. The third kappa shape index (κ3) is 4.76. The van der Waals surface area contributed by atoms with E-state index in [1.54, 1.807) is 48.2 Å². The zero-order valence-corrected chi connectivity index (χ0v) is 17.2. The van der Waals surface area contributed by atoms with Crippen LogP contribution in [0.4, 0.5) is 5.69 Å². The summed E-state index contributed by atoms with van der Waals surface area (Å²) in [6.45, 7) is 2.73. The fraction of sp³-hybridized carbons (Fsp3) is 0.333. The largest absolute Gasteiger partial charge is 0.469 e. The van der Waals surface area contributed by atoms with Gasteiger partial charge in [-0.15, -0.1) is 0 Å². The summed E-state index contributed by atoms with van der Waals surface area (Å²) in [5, 5.41) is 0. The predicted molar refractivity (Wildman–Crippen MR) is 109 cm³/mol. The van der Waals surface area contributed by atoms with Gasteiger partial charge in [-0.2, -0.15) is 0 Å². The Morgan fingerprint density at radius 1 is 1.07 bits per heavy atom. The summed E-state index contributed by atoms with van der Waals surface area (Å²) >= 11 is 0. The van der Waals surface area contributed by atoms with Crippen molar-refractivity contribution in [2.45, 2.75) is 24.7 Å². The van der Waals surface area contributed by atoms with Gasteiger partial charge < -0.3 is 9.64 Å². The van der Waals surface area contributed by atoms with Gasteiger partial charge in [0.2, 0.25) is 0 Å². The average molecular weight is 416 g/mol. The number of likely N-dealkylation sites (tertiary alicyclic amines) is 1. The number of benzene rings is 2. The third-order valence-corrected chi connectivity index (χ3v) is 6.47. The van der Waals surface area contributed by atoms with Gasteiger partial charge in [-0.05, 0) is 55.7 Å². The number of rotatable bonds is 5. The van der Waals surface area contributed by atoms with Crippen molar-refractivity contribution in [2.75, 3.05) is 24.9 Å². The second kappa shape index (κ2) is 8.65. The summed E-state index contributed by atoms with van der Waals surface area (Å²) in [7, 11) is -2.32. The van der Waals surface area contributed by atoms with E-state index in [-0.39, 0.29) is 22.7 Å². The van der Waals surface area contributed by atoms with E-state index in [1.165, 1.54) is 19.2 Å². The number of ether oxygens (including phenoxy) is 1. The second-order valence-corrected chi connectivity index (χ2v) is 8.72. The Hall–Kier alpha value is -2.87. The van der Waals surface area contributed by atoms with Gasteiger partial charge in [0.15, 0.2) is 0 Å². The molecule has 0 spiro atoms. The number of carbonyl (C=O) groups is 2. The first-order chi connectivity index (χ1) is 13.8. The molecule has 1 heterocycles. The molecule has 1 fully saturated rings. The van der Waals surface area contributed by atoms with Crippen LogP contribution in [-0.2, 0) is 19.6 Å². The Bertz CT molecular complexity index is 997. The van der Waals surface area contributed by atoms with E-state index >= 15 is 0 Å². The molecular weight excluding hydrogens is 392 g/mol. The standard InChI is InChI=1S/C21H24N2O5S/c1-15-14-17(20(24)23-12-10-16(11-13-23)21(25)28-2)8-9-19(15)22-29(26,27)18-6-4-3-5-7-18/h3-9,14,16,22H,10-13H2,1-2H3. The Balaban J connectivity index is 1.70. The van der Waals surface area contributed by atoms with Crippen molar-refractivity contribution in [3.8, 4) is 0 Å². The second-order valence-electron chi connectivity index (χ2n) is 7.04. The van der Waals surface area contributed by atoms with E-state index in [0.717, 1.165) is 0 Å². The van der Waals surface area contributed by atoms with Crippen LogP contribution in [0.25, 0.3) is 0 Å². The van der Waals surface area contributed by atoms with Crippen LogP contribution in [0, 0.1) is 12.8 Å². The van der Waals surface area contributed by atoms with Crippen LogP contribution in [0.3, 0.4) is 0 Å². The zero-order chi connectivity index (χ0) is 21.0. The van der Waals surface area contributed by atoms with Crippen molar-refractivity contribution in [2.24, 2.45) is 5.92 Å². The van der Waals surface area contributed by atoms with Gasteiger partial charge in [0.1, 0.15) is 0 Å². The number of esters is 1. The normalized spacial score (nSPS) is 15.0. The highest BCUT2D eigenvalue weighted by Crippen LogP contribution is 2.24. The maximum absolute atomic E-state index is 12.8. The lowest BCUT2D eigenvalue weighted by Gasteiger charge is -2.30. The molecule has 1 aliphatic heterocycles. The molecular formula is C21H24N2O5S. The lowest BCUT2D eigenvalue weighted by molar-refractivity contribution is -0.146. The number of hydrogen-bond acceptors (Lipinski definition) is 5. The number of piperidine rings is 1. The lowest BCUT2D eigenvalue weighted by Crippen LogP contribution is -2.40. The van der Waals surface area contributed by atoms with Crippen molar-refractivity contribution in [1.29, 1.82) is 0 Å². The highest BCUT2D eigenvalue weighted by Gasteiger charge is 2.28. The van der Waals surface area contributed by atoms with Crippen LogP contribution in [0.2, 0.25) is 0 Å². The van der Waals surface area contributed by atoms with Crippen LogP contribution >= 0.6 is 0 Å². The highest BCUT2D eigenvalue weighted by molar-refractivity contribution is 7.92. The van der Waals surface area contributed by atoms with Crippen LogP contribution in [0.1, 0.15) is 28.8 Å². The number of aryl methyl sites for hydroxylation is 1. The summed E-state index contributed by atoms with van der Waals surface area (Å²) in [4.78, 5) is 26.3. The van der Waals surface area contributed by atoms with E-state index in [0.29, 0.717) is 42.7 Å². The molecule has 1 aliphatic rings. The van der Waals surface area contributed by atoms with Crippen molar-refractivity contribution in [1.82, 2.24) is 4.90 Å². The highest BCUT2D eigenvalue weighted by atomic mass is 32.2. The molecule has 29 heavy (non-hydrogen) atoms. The molecule has 0 unspecified atom stereocenters. The van der Waals surface area contributed by atoms with Crippen LogP contribution < -0.4 is 4.72 Å². The quantitative estimate of drug-likeness (QED) is 0.757. The molecule has 1 saturated heterocycles. The smallest absolute Gasteiger partial charge is 0.308 e. The molecule has 1 amide bonds. The van der Waals surface area contributed by atoms with Crippen LogP contribution in [0.5, 0.6) is 0 Å². The predicted octanol–water partition coefficient (Wildman–Crippen LogP) is 2.82. The number of sulfonamides is 1. The van der Waals surface area contributed by atoms with Crippen molar-refractivity contribution in [3.05, 3.63) is 59.7 Å². The number of amides is 1. The third-order valence-electron chi connectivity index (χ3n) is 5.09. The van der Waals surface area contributed by atoms with Crippen molar-refractivity contribution >= 4 is 27.6 Å². The van der Waals surface area contributed by atoms with Crippen molar-refractivity contribution in [3.63, 3.8) is 0 Å². The summed E-state index contributed by atoms with van der Waals surface area (Å²) in [5.41, 5.74) is 1.57. The minimum atomic E-state index is -3.70. The maximum Gasteiger partial charge on any atom is 0.308 e. The van der Waals surface area contributed by atoms with Gasteiger partial charge in [-0.1, -0.05) is 18.2 Å². The van der Waals surface area contributed by atoms with E-state index in [4.69, 9.17) is 4.74 Å². The topological polar surface area (TPSA) is 92.8 Å². The van der Waals surface area contributed by atoms with Crippen molar-refractivity contribution < 1.29 is 22.7 Å². The fourth-order valence-electron chi connectivity index (χ4n) is 3.38. The molecule has 154 valence electrons. The molecule has 0 aromatic heterocycles. The Morgan fingerprint density at radius 3 is 2.31 bits per heavy atom. The monoisotopic (exact) mass is 416 g/mol. The number of methoxy groups -OCH3 is 1. The summed E-state index contributed by atoms with van der Waals surface area (Å²) < 4.78 is 32.4. The maximum atomic E-state index is 12.8. The van der Waals surface area contributed by atoms with Crippen LogP contribution in [-0.4, -0.2) is 45.4 Å². The molecule has 0 radical (unpaired) electrons. The van der Waals surface area contributed by atoms with Gasteiger partial charge in [0, 0.05) is 18.7 Å². The number of anilines is 1.